The number of aromatic nitrogens is 1. The second-order valence-electron chi connectivity index (χ2n) is 7.65. The number of sulfonamides is 1. The number of nitrogens with zero attached hydrogens (tertiary/aromatic N) is 2. The van der Waals surface area contributed by atoms with E-state index in [1.807, 2.05) is 0 Å². The minimum Gasteiger partial charge on any atom is -0.348 e. The molecule has 3 aromatic rings. The Morgan fingerprint density at radius 1 is 1.15 bits per heavy atom. The van der Waals surface area contributed by atoms with Crippen LogP contribution in [-0.4, -0.2) is 36.2 Å². The summed E-state index contributed by atoms with van der Waals surface area (Å²) >= 11 is 7.09. The molecule has 1 N–H and O–H groups in total. The molecule has 0 aliphatic carbocycles. The highest BCUT2D eigenvalue weighted by Gasteiger charge is 2.39. The molecule has 2 heterocycles. The lowest BCUT2D eigenvalue weighted by molar-refractivity contribution is -0.137. The highest BCUT2D eigenvalue weighted by Crippen LogP contribution is 2.31. The predicted molar refractivity (Wildman–Crippen MR) is 123 cm³/mol. The van der Waals surface area contributed by atoms with Gasteiger partial charge in [0.1, 0.15) is 11.0 Å². The summed E-state index contributed by atoms with van der Waals surface area (Å²) < 4.78 is 65.4. The monoisotopic (exact) mass is 529 g/mol. The molecule has 2 aromatic carbocycles. The van der Waals surface area contributed by atoms with Crippen molar-refractivity contribution in [3.8, 4) is 11.3 Å². The first kappa shape index (κ1) is 24.6. The lowest BCUT2D eigenvalue weighted by Crippen LogP contribution is -2.45. The standard InChI is InChI=1S/C22H19ClF3N3O3S2/c23-16-7-9-17(10-8-16)34(31,32)29-11-1-2-19(29)21(30)27-12-20-28-18(13-33-20)14-3-5-15(6-4-14)22(24,25)26/h3-10,13,19H,1-2,11-12H2,(H,27,30)/t19-/m0/s1. The Bertz CT molecular complexity index is 1280. The molecule has 34 heavy (non-hydrogen) atoms. The van der Waals surface area contributed by atoms with Crippen LogP contribution in [0.5, 0.6) is 0 Å². The molecule has 1 aliphatic rings. The van der Waals surface area contributed by atoms with Crippen molar-refractivity contribution in [3.63, 3.8) is 0 Å². The van der Waals surface area contributed by atoms with Gasteiger partial charge in [-0.15, -0.1) is 11.3 Å². The summed E-state index contributed by atoms with van der Waals surface area (Å²) in [6.07, 6.45) is -3.46. The maximum absolute atomic E-state index is 13.0. The van der Waals surface area contributed by atoms with E-state index >= 15 is 0 Å². The van der Waals surface area contributed by atoms with Crippen molar-refractivity contribution in [2.45, 2.75) is 36.5 Å². The second kappa shape index (κ2) is 9.65. The van der Waals surface area contributed by atoms with Gasteiger partial charge in [-0.3, -0.25) is 4.79 Å². The van der Waals surface area contributed by atoms with Gasteiger partial charge in [-0.2, -0.15) is 17.5 Å². The van der Waals surface area contributed by atoms with E-state index in [1.54, 1.807) is 5.38 Å². The Morgan fingerprint density at radius 2 is 1.82 bits per heavy atom. The fourth-order valence-electron chi connectivity index (χ4n) is 3.67. The van der Waals surface area contributed by atoms with Crippen molar-refractivity contribution in [2.75, 3.05) is 6.54 Å². The zero-order valence-electron chi connectivity index (χ0n) is 17.5. The quantitative estimate of drug-likeness (QED) is 0.490. The highest BCUT2D eigenvalue weighted by molar-refractivity contribution is 7.89. The lowest BCUT2D eigenvalue weighted by Gasteiger charge is -2.23. The number of amides is 1. The highest BCUT2D eigenvalue weighted by atomic mass is 35.5. The summed E-state index contributed by atoms with van der Waals surface area (Å²) in [5, 5.41) is 5.38. The predicted octanol–water partition coefficient (Wildman–Crippen LogP) is 4.95. The molecule has 0 spiro atoms. The molecular weight excluding hydrogens is 511 g/mol. The van der Waals surface area contributed by atoms with Gasteiger partial charge in [0, 0.05) is 22.5 Å². The molecule has 0 saturated carbocycles. The average molecular weight is 530 g/mol. The molecule has 1 atom stereocenters. The number of thiazole rings is 1. The van der Waals surface area contributed by atoms with Gasteiger partial charge < -0.3 is 5.32 Å². The Labute approximate surface area is 203 Å². The van der Waals surface area contributed by atoms with Crippen molar-refractivity contribution in [3.05, 3.63) is 69.5 Å². The maximum atomic E-state index is 13.0. The first-order valence-corrected chi connectivity index (χ1v) is 12.9. The van der Waals surface area contributed by atoms with Gasteiger partial charge in [0.15, 0.2) is 0 Å². The fourth-order valence-corrected chi connectivity index (χ4v) is 6.19. The number of hydrogen-bond donors (Lipinski definition) is 1. The van der Waals surface area contributed by atoms with E-state index in [0.29, 0.717) is 34.1 Å². The van der Waals surface area contributed by atoms with Crippen LogP contribution < -0.4 is 5.32 Å². The number of carbonyl (C=O) groups is 1. The summed E-state index contributed by atoms with van der Waals surface area (Å²) in [6.45, 7) is 0.313. The topological polar surface area (TPSA) is 79.4 Å². The van der Waals surface area contributed by atoms with Crippen LogP contribution in [-0.2, 0) is 27.5 Å². The molecule has 1 fully saturated rings. The minimum absolute atomic E-state index is 0.0673. The molecule has 1 amide bonds. The number of carbonyl (C=O) groups excluding carboxylic acids is 1. The Hall–Kier alpha value is -2.47. The SMILES string of the molecule is O=C(NCc1nc(-c2ccc(C(F)(F)F)cc2)cs1)[C@@H]1CCCN1S(=O)(=O)c1ccc(Cl)cc1. The first-order chi connectivity index (χ1) is 16.1. The summed E-state index contributed by atoms with van der Waals surface area (Å²) in [7, 11) is -3.86. The number of nitrogens with one attached hydrogen (secondary N) is 1. The molecule has 0 radical (unpaired) electrons. The smallest absolute Gasteiger partial charge is 0.348 e. The maximum Gasteiger partial charge on any atom is 0.416 e. The van der Waals surface area contributed by atoms with E-state index in [0.717, 1.165) is 12.1 Å². The first-order valence-electron chi connectivity index (χ1n) is 10.2. The Kier molecular flexibility index (Phi) is 6.99. The molecular formula is C22H19ClF3N3O3S2. The third-order valence-electron chi connectivity index (χ3n) is 5.40. The summed E-state index contributed by atoms with van der Waals surface area (Å²) in [5.74, 6) is -0.429. The van der Waals surface area contributed by atoms with E-state index in [-0.39, 0.29) is 18.0 Å². The van der Waals surface area contributed by atoms with Crippen LogP contribution >= 0.6 is 22.9 Å². The van der Waals surface area contributed by atoms with Crippen LogP contribution in [0.15, 0.2) is 58.8 Å². The van der Waals surface area contributed by atoms with Gasteiger partial charge in [-0.05, 0) is 49.2 Å². The number of alkyl halides is 3. The molecule has 1 aromatic heterocycles. The summed E-state index contributed by atoms with van der Waals surface area (Å²) in [5.41, 5.74) is 0.280. The van der Waals surface area contributed by atoms with E-state index in [2.05, 4.69) is 10.3 Å². The molecule has 180 valence electrons. The Morgan fingerprint density at radius 3 is 2.47 bits per heavy atom. The van der Waals surface area contributed by atoms with Crippen molar-refractivity contribution in [1.82, 2.24) is 14.6 Å². The molecule has 0 bridgehead atoms. The van der Waals surface area contributed by atoms with Gasteiger partial charge in [0.05, 0.1) is 22.7 Å². The minimum atomic E-state index is -4.41. The lowest BCUT2D eigenvalue weighted by atomic mass is 10.1. The van der Waals surface area contributed by atoms with Crippen LogP contribution in [0.25, 0.3) is 11.3 Å². The van der Waals surface area contributed by atoms with Gasteiger partial charge in [-0.25, -0.2) is 13.4 Å². The second-order valence-corrected chi connectivity index (χ2v) is 10.9. The fraction of sp³-hybridized carbons (Fsp3) is 0.273. The van der Waals surface area contributed by atoms with E-state index < -0.39 is 33.7 Å². The van der Waals surface area contributed by atoms with E-state index in [4.69, 9.17) is 11.6 Å². The van der Waals surface area contributed by atoms with Crippen LogP contribution in [0.1, 0.15) is 23.4 Å². The van der Waals surface area contributed by atoms with Crippen LogP contribution in [0, 0.1) is 0 Å². The van der Waals surface area contributed by atoms with E-state index in [9.17, 15) is 26.4 Å². The number of hydrogen-bond acceptors (Lipinski definition) is 5. The normalized spacial score (nSPS) is 17.1. The van der Waals surface area contributed by atoms with Gasteiger partial charge in [0.2, 0.25) is 15.9 Å². The van der Waals surface area contributed by atoms with Crippen molar-refractivity contribution < 1.29 is 26.4 Å². The molecule has 1 aliphatic heterocycles. The Balaban J connectivity index is 1.41. The third-order valence-corrected chi connectivity index (χ3v) is 8.42. The molecule has 1 saturated heterocycles. The summed E-state index contributed by atoms with van der Waals surface area (Å²) in [4.78, 5) is 17.2. The van der Waals surface area contributed by atoms with Crippen molar-refractivity contribution in [1.29, 1.82) is 0 Å². The van der Waals surface area contributed by atoms with Crippen molar-refractivity contribution in [2.24, 2.45) is 0 Å². The van der Waals surface area contributed by atoms with E-state index in [1.165, 1.54) is 52.0 Å². The zero-order chi connectivity index (χ0) is 24.5. The van der Waals surface area contributed by atoms with Gasteiger partial charge in [0.25, 0.3) is 0 Å². The molecule has 4 rings (SSSR count). The number of rotatable bonds is 6. The molecule has 0 unspecified atom stereocenters. The van der Waals surface area contributed by atoms with Gasteiger partial charge >= 0.3 is 6.18 Å². The van der Waals surface area contributed by atoms with Crippen molar-refractivity contribution >= 4 is 38.9 Å². The van der Waals surface area contributed by atoms with Gasteiger partial charge in [-0.1, -0.05) is 23.7 Å². The van der Waals surface area contributed by atoms with Crippen LogP contribution in [0.2, 0.25) is 5.02 Å². The summed E-state index contributed by atoms with van der Waals surface area (Å²) in [6, 6.07) is 9.61. The largest absolute Gasteiger partial charge is 0.416 e. The third kappa shape index (κ3) is 5.27. The van der Waals surface area contributed by atoms with Crippen LogP contribution in [0.4, 0.5) is 13.2 Å². The number of benzene rings is 2. The number of halogens is 4. The van der Waals surface area contributed by atoms with Crippen LogP contribution in [0.3, 0.4) is 0 Å². The average Bonchev–Trinajstić information content (AvgIpc) is 3.48. The zero-order valence-corrected chi connectivity index (χ0v) is 19.9. The molecule has 12 heteroatoms. The molecule has 6 nitrogen and oxygen atoms in total.